The Labute approximate surface area is 464 Å². The zero-order valence-electron chi connectivity index (χ0n) is 46.1. The summed E-state index contributed by atoms with van der Waals surface area (Å²) in [6, 6.07) is 26.4. The van der Waals surface area contributed by atoms with Crippen LogP contribution >= 0.6 is 0 Å². The molecule has 2 saturated heterocycles. The fourth-order valence-corrected chi connectivity index (χ4v) is 11.3. The van der Waals surface area contributed by atoms with Gasteiger partial charge in [0.05, 0.1) is 18.1 Å². The van der Waals surface area contributed by atoms with Crippen molar-refractivity contribution in [3.8, 4) is 0 Å². The lowest BCUT2D eigenvalue weighted by Crippen LogP contribution is -2.56. The van der Waals surface area contributed by atoms with Gasteiger partial charge in [0, 0.05) is 49.5 Å². The maximum atomic E-state index is 14.2. The number of anilines is 3. The third kappa shape index (κ3) is 14.8. The number of benzene rings is 4. The van der Waals surface area contributed by atoms with Gasteiger partial charge in [-0.15, -0.1) is 0 Å². The topological polar surface area (TPSA) is 230 Å². The lowest BCUT2D eigenvalue weighted by molar-refractivity contribution is -0.142. The molecular weight excluding hydrogens is 1000 g/mol. The Morgan fingerprint density at radius 1 is 0.544 bits per heavy atom. The SMILES string of the molecule is CN[C@@H](C)C(=O)NC(CCC(=O)Nc1ccc(CCc2ccc(NC(=O)CCC(NC(=O)[C@H](C)NC)C(=O)N3CCC[C@H]3C(=O)N3CCCc4ccccc43)cc2)cc1)C(=O)N1CCC[C@H]1C(=O)N[C@@H]1CCCc2ccccc21. The van der Waals surface area contributed by atoms with Gasteiger partial charge in [0.15, 0.2) is 0 Å². The molecule has 18 nitrogen and oxygen atoms in total. The minimum absolute atomic E-state index is 0.0408. The average Bonchev–Trinajstić information content (AvgIpc) is 4.26. The van der Waals surface area contributed by atoms with E-state index in [1.807, 2.05) is 84.9 Å². The molecule has 4 aliphatic rings. The van der Waals surface area contributed by atoms with Crippen LogP contribution in [0, 0.1) is 0 Å². The molecule has 2 unspecified atom stereocenters. The molecule has 8 rings (SSSR count). The first-order valence-electron chi connectivity index (χ1n) is 28.3. The minimum atomic E-state index is -1.01. The first kappa shape index (κ1) is 57.7. The highest BCUT2D eigenvalue weighted by molar-refractivity contribution is 6.02. The van der Waals surface area contributed by atoms with Crippen molar-refractivity contribution in [2.75, 3.05) is 49.3 Å². The number of rotatable bonds is 22. The average molecular weight is 1080 g/mol. The van der Waals surface area contributed by atoms with Gasteiger partial charge in [-0.25, -0.2) is 0 Å². The van der Waals surface area contributed by atoms with Crippen LogP contribution in [-0.4, -0.2) is 127 Å². The molecule has 0 aromatic heterocycles. The maximum Gasteiger partial charge on any atom is 0.249 e. The van der Waals surface area contributed by atoms with Crippen LogP contribution in [0.3, 0.4) is 0 Å². The van der Waals surface area contributed by atoms with Gasteiger partial charge in [0.2, 0.25) is 47.3 Å². The van der Waals surface area contributed by atoms with E-state index in [-0.39, 0.29) is 79.0 Å². The maximum absolute atomic E-state index is 14.2. The van der Waals surface area contributed by atoms with Gasteiger partial charge < -0.3 is 51.9 Å². The molecule has 3 heterocycles. The molecule has 18 heteroatoms. The monoisotopic (exact) mass is 1080 g/mol. The molecule has 3 aliphatic heterocycles. The second kappa shape index (κ2) is 27.4. The Balaban J connectivity index is 0.799. The third-order valence-corrected chi connectivity index (χ3v) is 16.1. The van der Waals surface area contributed by atoms with Crippen molar-refractivity contribution in [3.05, 3.63) is 125 Å². The smallest absolute Gasteiger partial charge is 0.249 e. The summed E-state index contributed by atoms with van der Waals surface area (Å²) in [6.45, 7) is 4.72. The van der Waals surface area contributed by atoms with E-state index in [1.54, 1.807) is 42.6 Å². The summed E-state index contributed by atoms with van der Waals surface area (Å²) in [5.74, 6) is -2.47. The van der Waals surface area contributed by atoms with Gasteiger partial charge in [-0.2, -0.15) is 0 Å². The van der Waals surface area contributed by atoms with E-state index in [2.05, 4.69) is 49.4 Å². The predicted molar refractivity (Wildman–Crippen MR) is 304 cm³/mol. The van der Waals surface area contributed by atoms with Crippen molar-refractivity contribution in [1.82, 2.24) is 36.4 Å². The van der Waals surface area contributed by atoms with Gasteiger partial charge in [-0.05, 0) is 170 Å². The first-order chi connectivity index (χ1) is 38.2. The van der Waals surface area contributed by atoms with Gasteiger partial charge in [0.1, 0.15) is 24.2 Å². The number of aryl methyl sites for hydroxylation is 4. The molecule has 7 N–H and O–H groups in total. The quantitative estimate of drug-likeness (QED) is 0.0541. The summed E-state index contributed by atoms with van der Waals surface area (Å²) in [5, 5.41) is 20.6. The standard InChI is InChI=1S/C61H78N10O8/c1-39(62-3)56(74)67-49(59(77)70-37-11-20-52(70)58(76)66-48-18-9-15-43-13-5-7-17-47(43)48)32-34-54(72)64-45-28-24-41(25-29-45)22-23-42-26-30-46(31-27-42)65-55(73)35-33-50(68-57(75)40(2)63-4)60(78)71-38-12-21-53(71)61(79)69-36-10-16-44-14-6-8-19-51(44)69/h5-8,13-14,17,19,24-31,39-40,48-50,52-53,62-63H,9-12,15-16,18,20-23,32-38H2,1-4H3,(H,64,72)(H,65,73)(H,66,76)(H,67,74)(H,68,75)/t39-,40-,48+,49?,50?,52-,53-/m0/s1. The highest BCUT2D eigenvalue weighted by Crippen LogP contribution is 2.32. The van der Waals surface area contributed by atoms with Crippen LogP contribution in [0.2, 0.25) is 0 Å². The summed E-state index contributed by atoms with van der Waals surface area (Å²) >= 11 is 0. The van der Waals surface area contributed by atoms with Crippen LogP contribution in [0.25, 0.3) is 0 Å². The normalized spacial score (nSPS) is 19.2. The summed E-state index contributed by atoms with van der Waals surface area (Å²) in [6.07, 6.45) is 8.25. The number of fused-ring (bicyclic) bond motifs is 2. The van der Waals surface area contributed by atoms with E-state index in [0.717, 1.165) is 60.0 Å². The van der Waals surface area contributed by atoms with Crippen LogP contribution < -0.4 is 42.1 Å². The van der Waals surface area contributed by atoms with Crippen molar-refractivity contribution >= 4 is 64.3 Å². The van der Waals surface area contributed by atoms with Crippen molar-refractivity contribution < 1.29 is 38.4 Å². The molecule has 0 saturated carbocycles. The van der Waals surface area contributed by atoms with Gasteiger partial charge in [-0.3, -0.25) is 38.4 Å². The van der Waals surface area contributed by atoms with Crippen LogP contribution in [0.1, 0.15) is 118 Å². The first-order valence-corrected chi connectivity index (χ1v) is 28.3. The molecular formula is C61H78N10O8. The Morgan fingerprint density at radius 3 is 1.59 bits per heavy atom. The minimum Gasteiger partial charge on any atom is -0.347 e. The fraction of sp³-hybridized carbons (Fsp3) is 0.475. The number of likely N-dealkylation sites (tertiary alicyclic amines) is 2. The second-order valence-corrected chi connectivity index (χ2v) is 21.5. The predicted octanol–water partition coefficient (Wildman–Crippen LogP) is 5.25. The lowest BCUT2D eigenvalue weighted by atomic mass is 9.87. The Kier molecular flexibility index (Phi) is 20.0. The summed E-state index contributed by atoms with van der Waals surface area (Å²) in [4.78, 5) is 114. The lowest BCUT2D eigenvalue weighted by Gasteiger charge is -2.35. The Hall–Kier alpha value is -7.44. The molecule has 8 amide bonds. The van der Waals surface area contributed by atoms with Crippen molar-refractivity contribution in [3.63, 3.8) is 0 Å². The number of carbonyl (C=O) groups excluding carboxylic acids is 8. The van der Waals surface area contributed by atoms with Crippen LogP contribution in [0.15, 0.2) is 97.1 Å². The number of hydrogen-bond acceptors (Lipinski definition) is 10. The highest BCUT2D eigenvalue weighted by Gasteiger charge is 2.42. The second-order valence-electron chi connectivity index (χ2n) is 21.5. The molecule has 1 aliphatic carbocycles. The Bertz CT molecular complexity index is 2820. The molecule has 79 heavy (non-hydrogen) atoms. The van der Waals surface area contributed by atoms with E-state index in [1.165, 1.54) is 5.56 Å². The molecule has 0 bridgehead atoms. The zero-order chi connectivity index (χ0) is 56.0. The largest absolute Gasteiger partial charge is 0.347 e. The highest BCUT2D eigenvalue weighted by atomic mass is 16.2. The molecule has 0 radical (unpaired) electrons. The molecule has 4 aromatic carbocycles. The van der Waals surface area contributed by atoms with Crippen molar-refractivity contribution in [1.29, 1.82) is 0 Å². The van der Waals surface area contributed by atoms with Crippen LogP contribution in [-0.2, 0) is 64.0 Å². The van der Waals surface area contributed by atoms with E-state index in [0.29, 0.717) is 69.5 Å². The summed E-state index contributed by atoms with van der Waals surface area (Å²) in [7, 11) is 3.31. The van der Waals surface area contributed by atoms with E-state index < -0.39 is 36.3 Å². The number of likely N-dealkylation sites (N-methyl/N-ethyl adjacent to an activating group) is 2. The zero-order valence-corrected chi connectivity index (χ0v) is 46.1. The van der Waals surface area contributed by atoms with Crippen LogP contribution in [0.4, 0.5) is 17.1 Å². The molecule has 420 valence electrons. The summed E-state index contributed by atoms with van der Waals surface area (Å²) < 4.78 is 0. The molecule has 7 atom stereocenters. The number of nitrogens with zero attached hydrogens (tertiary/aromatic N) is 3. The van der Waals surface area contributed by atoms with Gasteiger partial charge in [0.25, 0.3) is 0 Å². The van der Waals surface area contributed by atoms with Crippen LogP contribution in [0.5, 0.6) is 0 Å². The molecule has 0 spiro atoms. The number of para-hydroxylation sites is 1. The molecule has 2 fully saturated rings. The van der Waals surface area contributed by atoms with E-state index in [4.69, 9.17) is 0 Å². The number of nitrogens with one attached hydrogen (secondary N) is 7. The van der Waals surface area contributed by atoms with Crippen molar-refractivity contribution in [2.45, 2.75) is 152 Å². The number of carbonyl (C=O) groups is 8. The molecule has 4 aromatic rings. The van der Waals surface area contributed by atoms with E-state index >= 15 is 0 Å². The van der Waals surface area contributed by atoms with Crippen molar-refractivity contribution in [2.24, 2.45) is 0 Å². The number of amides is 8. The van der Waals surface area contributed by atoms with E-state index in [9.17, 15) is 38.4 Å². The third-order valence-electron chi connectivity index (χ3n) is 16.1. The van der Waals surface area contributed by atoms with Gasteiger partial charge >= 0.3 is 0 Å². The van der Waals surface area contributed by atoms with Gasteiger partial charge in [-0.1, -0.05) is 66.7 Å². The fourth-order valence-electron chi connectivity index (χ4n) is 11.3. The Morgan fingerprint density at radius 2 is 1.04 bits per heavy atom. The summed E-state index contributed by atoms with van der Waals surface area (Å²) in [5.41, 5.74) is 7.59. The number of hydrogen-bond donors (Lipinski definition) is 7.